The van der Waals surface area contributed by atoms with E-state index in [1.807, 2.05) is 0 Å². The number of rotatable bonds is 5. The molecule has 0 bridgehead atoms. The molecule has 0 radical (unpaired) electrons. The van der Waals surface area contributed by atoms with Gasteiger partial charge in [0.25, 0.3) is 5.89 Å². The van der Waals surface area contributed by atoms with E-state index in [0.29, 0.717) is 33.8 Å². The van der Waals surface area contributed by atoms with Crippen LogP contribution >= 0.6 is 0 Å². The minimum absolute atomic E-state index is 0.0475. The summed E-state index contributed by atoms with van der Waals surface area (Å²) in [6.07, 6.45) is 0. The number of fused-ring (bicyclic) bond motifs is 1. The van der Waals surface area contributed by atoms with Crippen molar-refractivity contribution >= 4 is 11.0 Å². The molecular formula is C20H16N2O6. The van der Waals surface area contributed by atoms with E-state index in [2.05, 4.69) is 10.1 Å². The Kier molecular flexibility index (Phi) is 4.44. The first-order valence-corrected chi connectivity index (χ1v) is 8.32. The van der Waals surface area contributed by atoms with Crippen LogP contribution in [0.4, 0.5) is 0 Å². The molecule has 2 aromatic heterocycles. The Bertz CT molecular complexity index is 1210. The molecule has 0 amide bonds. The van der Waals surface area contributed by atoms with Crippen LogP contribution in [-0.4, -0.2) is 31.5 Å². The van der Waals surface area contributed by atoms with Gasteiger partial charge in [-0.3, -0.25) is 0 Å². The fourth-order valence-electron chi connectivity index (χ4n) is 2.85. The van der Waals surface area contributed by atoms with Crippen LogP contribution in [0.2, 0.25) is 0 Å². The van der Waals surface area contributed by atoms with Crippen LogP contribution in [0, 0.1) is 0 Å². The highest BCUT2D eigenvalue weighted by atomic mass is 16.5. The summed E-state index contributed by atoms with van der Waals surface area (Å²) in [6.45, 7) is 0. The van der Waals surface area contributed by atoms with Crippen LogP contribution in [0.5, 0.6) is 17.2 Å². The van der Waals surface area contributed by atoms with E-state index in [1.54, 1.807) is 49.6 Å². The first-order chi connectivity index (χ1) is 13.6. The van der Waals surface area contributed by atoms with E-state index in [0.717, 1.165) is 0 Å². The number of benzene rings is 2. The topological polar surface area (TPSA) is 96.8 Å². The Hall–Kier alpha value is -3.81. The number of aromatic nitrogens is 2. The Morgan fingerprint density at radius 2 is 1.71 bits per heavy atom. The maximum Gasteiger partial charge on any atom is 0.349 e. The molecule has 0 saturated carbocycles. The zero-order valence-electron chi connectivity index (χ0n) is 15.4. The number of nitrogens with zero attached hydrogens (tertiary/aromatic N) is 2. The largest absolute Gasteiger partial charge is 0.497 e. The summed E-state index contributed by atoms with van der Waals surface area (Å²) in [5.74, 6) is 1.94. The highest BCUT2D eigenvalue weighted by Crippen LogP contribution is 2.33. The molecule has 0 fully saturated rings. The minimum atomic E-state index is -0.603. The van der Waals surface area contributed by atoms with E-state index in [1.165, 1.54) is 14.2 Å². The van der Waals surface area contributed by atoms with Crippen LogP contribution in [-0.2, 0) is 0 Å². The first kappa shape index (κ1) is 17.6. The van der Waals surface area contributed by atoms with E-state index in [4.69, 9.17) is 23.2 Å². The second kappa shape index (κ2) is 7.07. The lowest BCUT2D eigenvalue weighted by Gasteiger charge is -2.07. The number of ether oxygens (including phenoxy) is 3. The van der Waals surface area contributed by atoms with Gasteiger partial charge in [0.05, 0.1) is 26.9 Å². The Morgan fingerprint density at radius 3 is 2.46 bits per heavy atom. The molecular weight excluding hydrogens is 364 g/mol. The van der Waals surface area contributed by atoms with Gasteiger partial charge in [-0.25, -0.2) is 4.79 Å². The summed E-state index contributed by atoms with van der Waals surface area (Å²) < 4.78 is 26.5. The molecule has 0 atom stereocenters. The fraction of sp³-hybridized carbons (Fsp3) is 0.150. The predicted molar refractivity (Wildman–Crippen MR) is 101 cm³/mol. The molecule has 0 N–H and O–H groups in total. The maximum absolute atomic E-state index is 12.5. The van der Waals surface area contributed by atoms with Crippen LogP contribution < -0.4 is 19.8 Å². The van der Waals surface area contributed by atoms with Crippen molar-refractivity contribution in [2.75, 3.05) is 21.3 Å². The lowest BCUT2D eigenvalue weighted by molar-refractivity contribution is 0.394. The summed E-state index contributed by atoms with van der Waals surface area (Å²) in [5, 5.41) is 4.65. The minimum Gasteiger partial charge on any atom is -0.497 e. The zero-order valence-corrected chi connectivity index (χ0v) is 15.4. The molecule has 2 aromatic carbocycles. The van der Waals surface area contributed by atoms with Crippen molar-refractivity contribution in [2.45, 2.75) is 0 Å². The standard InChI is InChI=1S/C20H16N2O6/c1-24-12-7-8-13(16(10-12)26-3)18-21-19(28-22-18)14-9-11-5-4-6-15(25-2)17(11)27-20(14)23/h4-10H,1-3H3. The first-order valence-electron chi connectivity index (χ1n) is 8.32. The molecule has 0 aliphatic rings. The third kappa shape index (κ3) is 2.94. The average molecular weight is 380 g/mol. The molecule has 0 aliphatic heterocycles. The summed E-state index contributed by atoms with van der Waals surface area (Å²) in [4.78, 5) is 16.8. The highest BCUT2D eigenvalue weighted by Gasteiger charge is 2.19. The quantitative estimate of drug-likeness (QED) is 0.485. The predicted octanol–water partition coefficient (Wildman–Crippen LogP) is 3.54. The second-order valence-electron chi connectivity index (χ2n) is 5.82. The molecule has 8 nitrogen and oxygen atoms in total. The maximum atomic E-state index is 12.5. The summed E-state index contributed by atoms with van der Waals surface area (Å²) >= 11 is 0. The van der Waals surface area contributed by atoms with Gasteiger partial charge < -0.3 is 23.2 Å². The van der Waals surface area contributed by atoms with Crippen molar-refractivity contribution in [2.24, 2.45) is 0 Å². The highest BCUT2D eigenvalue weighted by molar-refractivity contribution is 5.85. The third-order valence-electron chi connectivity index (χ3n) is 4.25. The van der Waals surface area contributed by atoms with Crippen molar-refractivity contribution in [3.63, 3.8) is 0 Å². The Labute approximate surface area is 159 Å². The van der Waals surface area contributed by atoms with Gasteiger partial charge in [-0.05, 0) is 24.3 Å². The van der Waals surface area contributed by atoms with Crippen molar-refractivity contribution in [3.8, 4) is 40.1 Å². The van der Waals surface area contributed by atoms with E-state index in [9.17, 15) is 4.79 Å². The van der Waals surface area contributed by atoms with Crippen LogP contribution in [0.1, 0.15) is 0 Å². The van der Waals surface area contributed by atoms with Gasteiger partial charge in [-0.1, -0.05) is 17.3 Å². The van der Waals surface area contributed by atoms with Crippen LogP contribution in [0.3, 0.4) is 0 Å². The molecule has 28 heavy (non-hydrogen) atoms. The number of methoxy groups -OCH3 is 3. The van der Waals surface area contributed by atoms with Gasteiger partial charge >= 0.3 is 5.63 Å². The van der Waals surface area contributed by atoms with Crippen LogP contribution in [0.15, 0.2) is 56.2 Å². The lowest BCUT2D eigenvalue weighted by Crippen LogP contribution is -2.03. The molecule has 4 rings (SSSR count). The van der Waals surface area contributed by atoms with Crippen molar-refractivity contribution in [1.29, 1.82) is 0 Å². The third-order valence-corrected chi connectivity index (χ3v) is 4.25. The van der Waals surface area contributed by atoms with Gasteiger partial charge in [0.15, 0.2) is 11.3 Å². The normalized spacial score (nSPS) is 10.8. The van der Waals surface area contributed by atoms with Gasteiger partial charge in [-0.2, -0.15) is 4.98 Å². The monoisotopic (exact) mass is 380 g/mol. The van der Waals surface area contributed by atoms with E-state index >= 15 is 0 Å². The zero-order chi connectivity index (χ0) is 19.7. The van der Waals surface area contributed by atoms with E-state index in [-0.39, 0.29) is 17.3 Å². The SMILES string of the molecule is COc1ccc(-c2noc(-c3cc4cccc(OC)c4oc3=O)n2)c(OC)c1. The fourth-order valence-corrected chi connectivity index (χ4v) is 2.85. The van der Waals surface area contributed by atoms with Crippen LogP contribution in [0.25, 0.3) is 33.8 Å². The molecule has 4 aromatic rings. The lowest BCUT2D eigenvalue weighted by atomic mass is 10.1. The molecule has 0 spiro atoms. The molecule has 142 valence electrons. The van der Waals surface area contributed by atoms with Gasteiger partial charge in [0.2, 0.25) is 5.82 Å². The number of para-hydroxylation sites is 1. The van der Waals surface area contributed by atoms with Gasteiger partial charge in [-0.15, -0.1) is 0 Å². The average Bonchev–Trinajstić information content (AvgIpc) is 3.22. The van der Waals surface area contributed by atoms with Crippen molar-refractivity contribution in [1.82, 2.24) is 10.1 Å². The Morgan fingerprint density at radius 1 is 0.893 bits per heavy atom. The summed E-state index contributed by atoms with van der Waals surface area (Å²) in [5.41, 5.74) is 0.515. The molecule has 8 heteroatoms. The van der Waals surface area contributed by atoms with Gasteiger partial charge in [0, 0.05) is 11.5 Å². The molecule has 0 unspecified atom stereocenters. The molecule has 0 saturated heterocycles. The molecule has 2 heterocycles. The number of hydrogen-bond donors (Lipinski definition) is 0. The smallest absolute Gasteiger partial charge is 0.349 e. The summed E-state index contributed by atoms with van der Waals surface area (Å²) in [6, 6.07) is 12.2. The van der Waals surface area contributed by atoms with Crippen molar-refractivity contribution < 1.29 is 23.2 Å². The van der Waals surface area contributed by atoms with Crippen molar-refractivity contribution in [3.05, 3.63) is 52.9 Å². The van der Waals surface area contributed by atoms with E-state index < -0.39 is 5.63 Å². The van der Waals surface area contributed by atoms with Gasteiger partial charge in [0.1, 0.15) is 17.1 Å². The molecule has 0 aliphatic carbocycles. The summed E-state index contributed by atoms with van der Waals surface area (Å²) in [7, 11) is 4.61. The number of hydrogen-bond acceptors (Lipinski definition) is 8. The Balaban J connectivity index is 1.80. The second-order valence-corrected chi connectivity index (χ2v) is 5.82.